The van der Waals surface area contributed by atoms with Crippen molar-refractivity contribution >= 4 is 34.2 Å². The van der Waals surface area contributed by atoms with Gasteiger partial charge in [-0.3, -0.25) is 4.79 Å². The van der Waals surface area contributed by atoms with Gasteiger partial charge in [-0.05, 0) is 30.5 Å². The van der Waals surface area contributed by atoms with Crippen molar-refractivity contribution in [2.45, 2.75) is 31.1 Å². The van der Waals surface area contributed by atoms with Crippen LogP contribution in [-0.2, 0) is 14.9 Å². The minimum absolute atomic E-state index is 0. The average Bonchev–Trinajstić information content (AvgIpc) is 3.00. The number of halogens is 2. The lowest BCUT2D eigenvalue weighted by Gasteiger charge is -2.30. The summed E-state index contributed by atoms with van der Waals surface area (Å²) in [6.07, 6.45) is 4.76. The molecule has 0 radical (unpaired) electrons. The molecule has 0 unspecified atom stereocenters. The molecule has 23 heavy (non-hydrogen) atoms. The van der Waals surface area contributed by atoms with Crippen LogP contribution in [0, 0.1) is 0 Å². The standard InChI is InChI=1S/C17H25BrN2O2.ClH/c1-22-11-10-19-12-16(21)20-13-17(8-2-3-9-17)14-4-6-15(18)7-5-14;/h4-7,19H,2-3,8-13H2,1H3,(H,20,21);1H. The number of carbonyl (C=O) groups is 1. The molecule has 1 aromatic rings. The Kier molecular flexibility index (Phi) is 9.14. The molecule has 0 spiro atoms. The van der Waals surface area contributed by atoms with Gasteiger partial charge >= 0.3 is 0 Å². The maximum Gasteiger partial charge on any atom is 0.233 e. The first-order chi connectivity index (χ1) is 10.7. The van der Waals surface area contributed by atoms with Crippen LogP contribution in [0.25, 0.3) is 0 Å². The van der Waals surface area contributed by atoms with Crippen molar-refractivity contribution in [2.75, 3.05) is 33.4 Å². The number of rotatable bonds is 8. The van der Waals surface area contributed by atoms with Crippen LogP contribution >= 0.6 is 28.3 Å². The largest absolute Gasteiger partial charge is 0.383 e. The fourth-order valence-electron chi connectivity index (χ4n) is 3.13. The number of benzene rings is 1. The van der Waals surface area contributed by atoms with Gasteiger partial charge in [-0.15, -0.1) is 12.4 Å². The lowest BCUT2D eigenvalue weighted by atomic mass is 9.79. The molecule has 2 rings (SSSR count). The van der Waals surface area contributed by atoms with E-state index in [0.717, 1.165) is 23.9 Å². The zero-order chi connectivity index (χ0) is 15.8. The van der Waals surface area contributed by atoms with Crippen LogP contribution in [0.3, 0.4) is 0 Å². The Morgan fingerprint density at radius 2 is 1.91 bits per heavy atom. The second kappa shape index (κ2) is 10.3. The van der Waals surface area contributed by atoms with E-state index in [2.05, 4.69) is 50.8 Å². The van der Waals surface area contributed by atoms with E-state index < -0.39 is 0 Å². The molecule has 130 valence electrons. The Labute approximate surface area is 153 Å². The fourth-order valence-corrected chi connectivity index (χ4v) is 3.39. The third-order valence-electron chi connectivity index (χ3n) is 4.41. The molecule has 6 heteroatoms. The summed E-state index contributed by atoms with van der Waals surface area (Å²) in [6.45, 7) is 2.39. The molecule has 1 fully saturated rings. The van der Waals surface area contributed by atoms with Crippen LogP contribution in [-0.4, -0.2) is 39.3 Å². The van der Waals surface area contributed by atoms with Crippen molar-refractivity contribution in [2.24, 2.45) is 0 Å². The zero-order valence-electron chi connectivity index (χ0n) is 13.6. The van der Waals surface area contributed by atoms with Crippen molar-refractivity contribution < 1.29 is 9.53 Å². The maximum atomic E-state index is 12.0. The van der Waals surface area contributed by atoms with Crippen molar-refractivity contribution in [1.29, 1.82) is 0 Å². The lowest BCUT2D eigenvalue weighted by molar-refractivity contribution is -0.120. The molecule has 4 nitrogen and oxygen atoms in total. The Morgan fingerprint density at radius 1 is 1.26 bits per heavy atom. The molecule has 1 aliphatic carbocycles. The molecular weight excluding hydrogens is 380 g/mol. The number of nitrogens with one attached hydrogen (secondary N) is 2. The second-order valence-electron chi connectivity index (χ2n) is 5.94. The zero-order valence-corrected chi connectivity index (χ0v) is 16.0. The summed E-state index contributed by atoms with van der Waals surface area (Å²) in [5.41, 5.74) is 1.43. The molecule has 0 saturated heterocycles. The van der Waals surface area contributed by atoms with E-state index in [1.165, 1.54) is 18.4 Å². The molecule has 0 aliphatic heterocycles. The van der Waals surface area contributed by atoms with Crippen molar-refractivity contribution in [3.05, 3.63) is 34.3 Å². The SMILES string of the molecule is COCCNCC(=O)NCC1(c2ccc(Br)cc2)CCCC1.Cl. The molecule has 0 aromatic heterocycles. The summed E-state index contributed by atoms with van der Waals surface area (Å²) >= 11 is 3.49. The monoisotopic (exact) mass is 404 g/mol. The minimum atomic E-state index is 0. The maximum absolute atomic E-state index is 12.0. The molecular formula is C17H26BrClN2O2. The highest BCUT2D eigenvalue weighted by Gasteiger charge is 2.35. The Hall–Kier alpha value is -0.620. The molecule has 0 heterocycles. The van der Waals surface area contributed by atoms with E-state index in [1.54, 1.807) is 7.11 Å². The summed E-state index contributed by atoms with van der Waals surface area (Å²) in [4.78, 5) is 12.0. The average molecular weight is 406 g/mol. The molecule has 1 aromatic carbocycles. The van der Waals surface area contributed by atoms with E-state index >= 15 is 0 Å². The van der Waals surface area contributed by atoms with Gasteiger partial charge in [0.1, 0.15) is 0 Å². The molecule has 1 saturated carbocycles. The molecule has 1 amide bonds. The van der Waals surface area contributed by atoms with Gasteiger partial charge in [-0.2, -0.15) is 0 Å². The summed E-state index contributed by atoms with van der Waals surface area (Å²) in [5.74, 6) is 0.0551. The van der Waals surface area contributed by atoms with Gasteiger partial charge in [-0.1, -0.05) is 40.9 Å². The van der Waals surface area contributed by atoms with Crippen LogP contribution in [0.1, 0.15) is 31.2 Å². The normalized spacial score (nSPS) is 15.9. The van der Waals surface area contributed by atoms with E-state index in [4.69, 9.17) is 4.74 Å². The Balaban J connectivity index is 0.00000264. The molecule has 1 aliphatic rings. The quantitative estimate of drug-likeness (QED) is 0.654. The number of carbonyl (C=O) groups excluding carboxylic acids is 1. The Morgan fingerprint density at radius 3 is 2.52 bits per heavy atom. The van der Waals surface area contributed by atoms with Gasteiger partial charge in [0, 0.05) is 30.1 Å². The summed E-state index contributed by atoms with van der Waals surface area (Å²) in [5, 5.41) is 6.18. The first-order valence-electron chi connectivity index (χ1n) is 7.89. The van der Waals surface area contributed by atoms with Gasteiger partial charge in [0.25, 0.3) is 0 Å². The number of ether oxygens (including phenoxy) is 1. The Bertz CT molecular complexity index is 476. The number of amides is 1. The van der Waals surface area contributed by atoms with Crippen LogP contribution in [0.4, 0.5) is 0 Å². The van der Waals surface area contributed by atoms with E-state index in [9.17, 15) is 4.79 Å². The van der Waals surface area contributed by atoms with Crippen molar-refractivity contribution in [3.8, 4) is 0 Å². The first kappa shape index (κ1) is 20.4. The topological polar surface area (TPSA) is 50.4 Å². The smallest absolute Gasteiger partial charge is 0.233 e. The van der Waals surface area contributed by atoms with Crippen LogP contribution < -0.4 is 10.6 Å². The molecule has 0 atom stereocenters. The van der Waals surface area contributed by atoms with Crippen LogP contribution in [0.2, 0.25) is 0 Å². The third-order valence-corrected chi connectivity index (χ3v) is 4.94. The van der Waals surface area contributed by atoms with Gasteiger partial charge < -0.3 is 15.4 Å². The number of methoxy groups -OCH3 is 1. The van der Waals surface area contributed by atoms with E-state index in [1.807, 2.05) is 0 Å². The van der Waals surface area contributed by atoms with Crippen molar-refractivity contribution in [1.82, 2.24) is 10.6 Å². The van der Waals surface area contributed by atoms with Crippen LogP contribution in [0.15, 0.2) is 28.7 Å². The van der Waals surface area contributed by atoms with E-state index in [0.29, 0.717) is 19.7 Å². The van der Waals surface area contributed by atoms with Gasteiger partial charge in [0.2, 0.25) is 5.91 Å². The predicted octanol–water partition coefficient (Wildman–Crippen LogP) is 3.03. The number of hydrogen-bond donors (Lipinski definition) is 2. The minimum Gasteiger partial charge on any atom is -0.383 e. The fraction of sp³-hybridized carbons (Fsp3) is 0.588. The first-order valence-corrected chi connectivity index (χ1v) is 8.68. The summed E-state index contributed by atoms with van der Waals surface area (Å²) in [6, 6.07) is 8.53. The van der Waals surface area contributed by atoms with Gasteiger partial charge in [0.15, 0.2) is 0 Å². The lowest BCUT2D eigenvalue weighted by Crippen LogP contribution is -2.42. The van der Waals surface area contributed by atoms with Gasteiger partial charge in [0.05, 0.1) is 13.2 Å². The van der Waals surface area contributed by atoms with Gasteiger partial charge in [-0.25, -0.2) is 0 Å². The van der Waals surface area contributed by atoms with Crippen molar-refractivity contribution in [3.63, 3.8) is 0 Å². The third kappa shape index (κ3) is 6.07. The molecule has 0 bridgehead atoms. The summed E-state index contributed by atoms with van der Waals surface area (Å²) in [7, 11) is 1.66. The highest BCUT2D eigenvalue weighted by Crippen LogP contribution is 2.40. The van der Waals surface area contributed by atoms with E-state index in [-0.39, 0.29) is 23.7 Å². The van der Waals surface area contributed by atoms with Crippen LogP contribution in [0.5, 0.6) is 0 Å². The highest BCUT2D eigenvalue weighted by atomic mass is 79.9. The second-order valence-corrected chi connectivity index (χ2v) is 6.86. The number of hydrogen-bond acceptors (Lipinski definition) is 3. The summed E-state index contributed by atoms with van der Waals surface area (Å²) < 4.78 is 6.04. The predicted molar refractivity (Wildman–Crippen MR) is 99.3 cm³/mol. The molecule has 2 N–H and O–H groups in total. The highest BCUT2D eigenvalue weighted by molar-refractivity contribution is 9.10.